The summed E-state index contributed by atoms with van der Waals surface area (Å²) in [5.41, 5.74) is 0. The smallest absolute Gasteiger partial charge is 0.332 e. The molecule has 0 bridgehead atoms. The van der Waals surface area contributed by atoms with Gasteiger partial charge in [-0.1, -0.05) is 103 Å². The third-order valence-electron chi connectivity index (χ3n) is 4.24. The Morgan fingerprint density at radius 3 is 1.27 bits per heavy atom. The van der Waals surface area contributed by atoms with E-state index in [1.54, 1.807) is 0 Å². The largest absolute Gasteiger partial charge is 0.542 e. The summed E-state index contributed by atoms with van der Waals surface area (Å²) >= 11 is 0. The summed E-state index contributed by atoms with van der Waals surface area (Å²) < 4.78 is 0. The van der Waals surface area contributed by atoms with Gasteiger partial charge in [-0.3, -0.25) is 6.29 Å². The number of aliphatic carboxylic acids is 1. The summed E-state index contributed by atoms with van der Waals surface area (Å²) in [6.45, 7) is 3.48. The Labute approximate surface area is 174 Å². The molecule has 0 saturated heterocycles. The number of carboxylic acids is 1. The maximum atomic E-state index is 10.0. The maximum Gasteiger partial charge on any atom is 0.332 e. The zero-order valence-electron chi connectivity index (χ0n) is 17.3. The van der Waals surface area contributed by atoms with Gasteiger partial charge in [0.25, 0.3) is 0 Å². The molecule has 0 spiro atoms. The Balaban J connectivity index is -0.000000649. The van der Waals surface area contributed by atoms with Crippen molar-refractivity contribution in [2.75, 3.05) is 0 Å². The molecule has 0 aliphatic heterocycles. The predicted molar refractivity (Wildman–Crippen MR) is 105 cm³/mol. The molecule has 0 heterocycles. The van der Waals surface area contributed by atoms with E-state index in [1.165, 1.54) is 96.8 Å². The van der Waals surface area contributed by atoms with Gasteiger partial charge in [0.1, 0.15) is 6.10 Å². The molecule has 4 nitrogen and oxygen atoms in total. The Hall–Kier alpha value is -0.277. The van der Waals surface area contributed by atoms with E-state index in [2.05, 4.69) is 6.92 Å². The van der Waals surface area contributed by atoms with E-state index in [-0.39, 0.29) is 19.5 Å². The number of carbonyl (C=O) groups excluding carboxylic acids is 1. The van der Waals surface area contributed by atoms with Gasteiger partial charge in [0.2, 0.25) is 0 Å². The van der Waals surface area contributed by atoms with Crippen molar-refractivity contribution in [1.82, 2.24) is 0 Å². The summed E-state index contributed by atoms with van der Waals surface area (Å²) in [5.74, 6) is -1.19. The minimum Gasteiger partial charge on any atom is -0.542 e. The first-order valence-electron chi connectivity index (χ1n) is 10.3. The zero-order valence-corrected chi connectivity index (χ0v) is 20.3. The summed E-state index contributed by atoms with van der Waals surface area (Å²) in [6, 6.07) is 0. The quantitative estimate of drug-likeness (QED) is 0.176. The minimum atomic E-state index is -1.23. The van der Waals surface area contributed by atoms with Crippen LogP contribution in [-0.4, -0.2) is 28.6 Å². The van der Waals surface area contributed by atoms with Crippen LogP contribution in [0.25, 0.3) is 0 Å². The molecular formula is C21H41O4Zn-. The molecule has 0 aliphatic carbocycles. The van der Waals surface area contributed by atoms with Crippen LogP contribution in [0, 0.1) is 0 Å². The molecule has 0 rings (SSSR count). The molecule has 1 unspecified atom stereocenters. The molecule has 0 aliphatic rings. The van der Waals surface area contributed by atoms with Crippen molar-refractivity contribution in [3.05, 3.63) is 0 Å². The number of rotatable bonds is 17. The van der Waals surface area contributed by atoms with Gasteiger partial charge in [0.05, 0.1) is 0 Å². The van der Waals surface area contributed by atoms with Crippen molar-refractivity contribution in [1.29, 1.82) is 0 Å². The second kappa shape index (κ2) is 26.9. The molecule has 0 aromatic carbocycles. The average Bonchev–Trinajstić information content (AvgIpc) is 2.59. The number of unbranched alkanes of at least 4 members (excludes halogenated alkanes) is 15. The summed E-state index contributed by atoms with van der Waals surface area (Å²) in [6.07, 6.45) is 22.0. The van der Waals surface area contributed by atoms with Crippen molar-refractivity contribution in [2.45, 2.75) is 123 Å². The molecule has 0 aromatic heterocycles. The van der Waals surface area contributed by atoms with Crippen LogP contribution in [0.5, 0.6) is 0 Å². The van der Waals surface area contributed by atoms with Gasteiger partial charge < -0.3 is 15.0 Å². The molecule has 0 fully saturated rings. The van der Waals surface area contributed by atoms with Crippen LogP contribution in [0.15, 0.2) is 0 Å². The van der Waals surface area contributed by atoms with Crippen LogP contribution in [-0.2, 0) is 29.1 Å². The predicted octanol–water partition coefficient (Wildman–Crippen LogP) is 5.81. The number of aliphatic hydroxyl groups is 1. The summed E-state index contributed by atoms with van der Waals surface area (Å²) in [7, 11) is 0. The number of hydrogen-bond donors (Lipinski definition) is 2. The molecule has 0 radical (unpaired) electrons. The van der Waals surface area contributed by atoms with Crippen molar-refractivity contribution >= 4 is 12.3 Å². The zero-order chi connectivity index (χ0) is 19.2. The fourth-order valence-electron chi connectivity index (χ4n) is 2.57. The molecule has 1 atom stereocenters. The van der Waals surface area contributed by atoms with E-state index >= 15 is 0 Å². The molecule has 5 heteroatoms. The first-order chi connectivity index (χ1) is 12.1. The average molecular weight is 423 g/mol. The fraction of sp³-hybridized carbons (Fsp3) is 0.905. The normalized spacial score (nSPS) is 11.0. The van der Waals surface area contributed by atoms with E-state index in [1.807, 2.05) is 6.29 Å². The topological polar surface area (TPSA) is 74.6 Å². The first-order valence-corrected chi connectivity index (χ1v) is 10.3. The monoisotopic (exact) mass is 421 g/mol. The number of hydrogen-bond acceptors (Lipinski definition) is 3. The Kier molecular flexibility index (Phi) is 31.6. The number of aliphatic hydroxyl groups excluding tert-OH is 1. The van der Waals surface area contributed by atoms with E-state index in [0.29, 0.717) is 6.42 Å². The third kappa shape index (κ3) is 31.5. The maximum absolute atomic E-state index is 10.0. The Bertz CT molecular complexity index is 283. The van der Waals surface area contributed by atoms with Gasteiger partial charge in [-0.15, -0.1) is 0 Å². The van der Waals surface area contributed by atoms with Gasteiger partial charge in [-0.2, -0.15) is 6.42 Å². The first kappa shape index (κ1) is 30.5. The van der Waals surface area contributed by atoms with Crippen LogP contribution < -0.4 is 0 Å². The molecule has 0 aromatic rings. The van der Waals surface area contributed by atoms with E-state index < -0.39 is 12.1 Å². The Morgan fingerprint density at radius 1 is 0.769 bits per heavy atom. The van der Waals surface area contributed by atoms with Gasteiger partial charge in [0, 0.05) is 19.5 Å². The molecule has 0 amide bonds. The van der Waals surface area contributed by atoms with E-state index in [4.69, 9.17) is 10.2 Å². The van der Waals surface area contributed by atoms with Crippen molar-refractivity contribution in [3.8, 4) is 0 Å². The van der Waals surface area contributed by atoms with Gasteiger partial charge in [0.15, 0.2) is 0 Å². The Morgan fingerprint density at radius 2 is 1.04 bits per heavy atom. The molecule has 0 saturated carbocycles. The minimum absolute atomic E-state index is 0. The summed E-state index contributed by atoms with van der Waals surface area (Å²) in [5, 5.41) is 15.8. The number of carboxylic acid groups (broad SMARTS) is 1. The van der Waals surface area contributed by atoms with Crippen LogP contribution in [0.3, 0.4) is 0 Å². The van der Waals surface area contributed by atoms with Gasteiger partial charge in [-0.05, 0) is 6.92 Å². The van der Waals surface area contributed by atoms with Gasteiger partial charge >= 0.3 is 5.97 Å². The van der Waals surface area contributed by atoms with Crippen LogP contribution in [0.4, 0.5) is 0 Å². The van der Waals surface area contributed by atoms with E-state index in [0.717, 1.165) is 6.42 Å². The SMILES string of the molecule is CC(O)C(=O)O.CCCCCCCCCCCCCCCCC[C-]=O.[Zn]. The second-order valence-corrected chi connectivity index (χ2v) is 6.86. The molecule has 26 heavy (non-hydrogen) atoms. The third-order valence-corrected chi connectivity index (χ3v) is 4.24. The van der Waals surface area contributed by atoms with Crippen LogP contribution in [0.2, 0.25) is 0 Å². The number of carbonyl (C=O) groups is 1. The molecule has 2 N–H and O–H groups in total. The van der Waals surface area contributed by atoms with Crippen molar-refractivity contribution in [2.24, 2.45) is 0 Å². The van der Waals surface area contributed by atoms with E-state index in [9.17, 15) is 9.59 Å². The standard InChI is InChI=1S/C18H35O.C3H6O3.Zn/c1-2-3-4-5-6-7-8-9-10-11-12-13-14-15-16-17-18-19;1-2(4)3(5)6;/h2-17H2,1H3;2,4H,1H3,(H,5,6);/q-1;;. The van der Waals surface area contributed by atoms with Crippen LogP contribution in [0.1, 0.15) is 117 Å². The van der Waals surface area contributed by atoms with Crippen LogP contribution >= 0.6 is 0 Å². The molecular weight excluding hydrogens is 382 g/mol. The molecule has 152 valence electrons. The van der Waals surface area contributed by atoms with Gasteiger partial charge in [-0.25, -0.2) is 4.79 Å². The second-order valence-electron chi connectivity index (χ2n) is 6.86. The van der Waals surface area contributed by atoms with Crippen molar-refractivity contribution in [3.63, 3.8) is 0 Å². The summed E-state index contributed by atoms with van der Waals surface area (Å²) in [4.78, 5) is 19.5. The fourth-order valence-corrected chi connectivity index (χ4v) is 2.57. The van der Waals surface area contributed by atoms with Crippen molar-refractivity contribution < 1.29 is 39.3 Å².